The van der Waals surface area contributed by atoms with Crippen LogP contribution in [0, 0.1) is 11.8 Å². The number of hydrogen-bond acceptors (Lipinski definition) is 3. The van der Waals surface area contributed by atoms with E-state index in [0.717, 1.165) is 13.1 Å². The summed E-state index contributed by atoms with van der Waals surface area (Å²) < 4.78 is 0. The molecule has 5 heteroatoms. The van der Waals surface area contributed by atoms with Crippen molar-refractivity contribution in [2.45, 2.75) is 59.5 Å². The monoisotopic (exact) mass is 311 g/mol. The van der Waals surface area contributed by atoms with E-state index >= 15 is 0 Å². The van der Waals surface area contributed by atoms with Crippen molar-refractivity contribution in [2.75, 3.05) is 26.7 Å². The summed E-state index contributed by atoms with van der Waals surface area (Å²) >= 11 is 0. The highest BCUT2D eigenvalue weighted by molar-refractivity contribution is 5.83. The maximum Gasteiger partial charge on any atom is 0.239 e. The van der Waals surface area contributed by atoms with Crippen molar-refractivity contribution in [3.63, 3.8) is 0 Å². The van der Waals surface area contributed by atoms with Crippen LogP contribution in [0.2, 0.25) is 0 Å². The molecule has 1 heterocycles. The summed E-state index contributed by atoms with van der Waals surface area (Å²) in [7, 11) is 1.83. The lowest BCUT2D eigenvalue weighted by Crippen LogP contribution is -2.53. The van der Waals surface area contributed by atoms with E-state index in [0.29, 0.717) is 11.8 Å². The van der Waals surface area contributed by atoms with Crippen LogP contribution in [0.3, 0.4) is 0 Å². The first-order chi connectivity index (χ1) is 9.99. The van der Waals surface area contributed by atoms with E-state index in [1.54, 1.807) is 0 Å². The Labute approximate surface area is 135 Å². The Morgan fingerprint density at radius 1 is 1.23 bits per heavy atom. The van der Waals surface area contributed by atoms with Gasteiger partial charge in [-0.3, -0.25) is 14.5 Å². The molecule has 1 N–H and O–H groups in total. The zero-order chi connectivity index (χ0) is 17.1. The van der Waals surface area contributed by atoms with Crippen LogP contribution in [0.15, 0.2) is 0 Å². The molecule has 0 aromatic heterocycles. The molecule has 1 aliphatic rings. The number of nitrogens with zero attached hydrogens (tertiary/aromatic N) is 2. The molecule has 0 radical (unpaired) electrons. The molecule has 0 aliphatic carbocycles. The van der Waals surface area contributed by atoms with Gasteiger partial charge in [-0.15, -0.1) is 0 Å². The normalized spacial score (nSPS) is 24.3. The van der Waals surface area contributed by atoms with Gasteiger partial charge in [0.15, 0.2) is 0 Å². The third-order valence-corrected chi connectivity index (χ3v) is 4.11. The third kappa shape index (κ3) is 5.95. The molecule has 1 fully saturated rings. The molecule has 2 amide bonds. The van der Waals surface area contributed by atoms with Gasteiger partial charge in [-0.25, -0.2) is 0 Å². The molecule has 0 saturated carbocycles. The van der Waals surface area contributed by atoms with Gasteiger partial charge in [-0.2, -0.15) is 0 Å². The highest BCUT2D eigenvalue weighted by Crippen LogP contribution is 2.22. The van der Waals surface area contributed by atoms with E-state index in [-0.39, 0.29) is 29.9 Å². The predicted octanol–water partition coefficient (Wildman–Crippen LogP) is 1.73. The van der Waals surface area contributed by atoms with Crippen LogP contribution >= 0.6 is 0 Å². The van der Waals surface area contributed by atoms with Crippen LogP contribution in [0.1, 0.15) is 48.0 Å². The Balaban J connectivity index is 2.56. The molecule has 0 bridgehead atoms. The minimum absolute atomic E-state index is 0.0463. The molecular weight excluding hydrogens is 278 g/mol. The second kappa shape index (κ2) is 7.44. The second-order valence-electron chi connectivity index (χ2n) is 8.08. The first-order valence-electron chi connectivity index (χ1n) is 8.29. The fourth-order valence-corrected chi connectivity index (χ4v) is 3.12. The van der Waals surface area contributed by atoms with Crippen LogP contribution in [-0.2, 0) is 9.59 Å². The van der Waals surface area contributed by atoms with Crippen molar-refractivity contribution >= 4 is 11.8 Å². The smallest absolute Gasteiger partial charge is 0.239 e. The van der Waals surface area contributed by atoms with Crippen LogP contribution in [0.5, 0.6) is 0 Å². The van der Waals surface area contributed by atoms with Crippen LogP contribution in [0.25, 0.3) is 0 Å². The Morgan fingerprint density at radius 3 is 2.18 bits per heavy atom. The van der Waals surface area contributed by atoms with E-state index in [2.05, 4.69) is 19.2 Å². The fourth-order valence-electron chi connectivity index (χ4n) is 3.12. The molecule has 0 aromatic carbocycles. The maximum atomic E-state index is 12.6. The summed E-state index contributed by atoms with van der Waals surface area (Å²) in [4.78, 5) is 28.4. The van der Waals surface area contributed by atoms with Crippen molar-refractivity contribution in [3.05, 3.63) is 0 Å². The number of amides is 2. The number of carbonyl (C=O) groups is 2. The van der Waals surface area contributed by atoms with Crippen molar-refractivity contribution in [1.29, 1.82) is 0 Å². The lowest BCUT2D eigenvalue weighted by molar-refractivity contribution is -0.139. The van der Waals surface area contributed by atoms with Gasteiger partial charge in [0.25, 0.3) is 0 Å². The minimum Gasteiger partial charge on any atom is -0.350 e. The van der Waals surface area contributed by atoms with Gasteiger partial charge in [0.1, 0.15) is 0 Å². The first-order valence-corrected chi connectivity index (χ1v) is 8.29. The van der Waals surface area contributed by atoms with Gasteiger partial charge in [0.05, 0.1) is 12.6 Å². The van der Waals surface area contributed by atoms with Gasteiger partial charge < -0.3 is 10.2 Å². The summed E-state index contributed by atoms with van der Waals surface area (Å²) in [5.74, 6) is 1.18. The molecule has 0 unspecified atom stereocenters. The lowest BCUT2D eigenvalue weighted by Gasteiger charge is -2.38. The molecule has 5 nitrogen and oxygen atoms in total. The van der Waals surface area contributed by atoms with E-state index in [1.165, 1.54) is 6.42 Å². The lowest BCUT2D eigenvalue weighted by atomic mass is 9.91. The van der Waals surface area contributed by atoms with E-state index in [1.807, 2.05) is 44.5 Å². The summed E-state index contributed by atoms with van der Waals surface area (Å²) in [5.41, 5.74) is -0.247. The van der Waals surface area contributed by atoms with Crippen molar-refractivity contribution in [1.82, 2.24) is 15.1 Å². The molecule has 22 heavy (non-hydrogen) atoms. The maximum absolute atomic E-state index is 12.6. The number of hydrogen-bond donors (Lipinski definition) is 1. The number of piperidine rings is 1. The van der Waals surface area contributed by atoms with Gasteiger partial charge in [-0.05, 0) is 53.0 Å². The van der Waals surface area contributed by atoms with E-state index in [9.17, 15) is 9.59 Å². The molecular formula is C17H33N3O2. The predicted molar refractivity (Wildman–Crippen MR) is 89.5 cm³/mol. The Hall–Kier alpha value is -1.10. The van der Waals surface area contributed by atoms with Crippen LogP contribution < -0.4 is 5.32 Å². The van der Waals surface area contributed by atoms with Gasteiger partial charge >= 0.3 is 0 Å². The highest BCUT2D eigenvalue weighted by Gasteiger charge is 2.30. The summed E-state index contributed by atoms with van der Waals surface area (Å²) in [6, 6.07) is -0.275. The summed E-state index contributed by atoms with van der Waals surface area (Å²) in [5, 5.41) is 2.93. The zero-order valence-electron chi connectivity index (χ0n) is 15.3. The molecule has 1 aliphatic heterocycles. The Kier molecular flexibility index (Phi) is 6.41. The standard InChI is InChI=1S/C17H33N3O2/c1-12-8-13(2)10-20(9-12)16(22)14(3)19(7)11-15(21)18-17(4,5)6/h12-14H,8-11H2,1-7H3,(H,18,21)/t12-,13-,14+/m0/s1. The topological polar surface area (TPSA) is 52.7 Å². The SMILES string of the molecule is C[C@H]1C[C@H](C)CN(C(=O)[C@@H](C)N(C)CC(=O)NC(C)(C)C)C1. The highest BCUT2D eigenvalue weighted by atomic mass is 16.2. The fraction of sp³-hybridized carbons (Fsp3) is 0.882. The molecule has 1 rings (SSSR count). The van der Waals surface area contributed by atoms with E-state index in [4.69, 9.17) is 0 Å². The van der Waals surface area contributed by atoms with Gasteiger partial charge in [-0.1, -0.05) is 13.8 Å². The first kappa shape index (κ1) is 18.9. The number of rotatable bonds is 4. The number of likely N-dealkylation sites (N-methyl/N-ethyl adjacent to an activating group) is 1. The Morgan fingerprint density at radius 2 is 1.73 bits per heavy atom. The largest absolute Gasteiger partial charge is 0.350 e. The van der Waals surface area contributed by atoms with Crippen molar-refractivity contribution in [2.24, 2.45) is 11.8 Å². The van der Waals surface area contributed by atoms with Crippen molar-refractivity contribution in [3.8, 4) is 0 Å². The van der Waals surface area contributed by atoms with Gasteiger partial charge in [0, 0.05) is 18.6 Å². The summed E-state index contributed by atoms with van der Waals surface area (Å²) in [6.45, 7) is 14.0. The zero-order valence-corrected chi connectivity index (χ0v) is 15.3. The number of nitrogens with one attached hydrogen (secondary N) is 1. The van der Waals surface area contributed by atoms with Crippen LogP contribution in [-0.4, -0.2) is 59.9 Å². The average Bonchev–Trinajstić information content (AvgIpc) is 2.33. The molecule has 128 valence electrons. The molecule has 0 aromatic rings. The number of carbonyl (C=O) groups excluding carboxylic acids is 2. The Bertz CT molecular complexity index is 393. The second-order valence-corrected chi connectivity index (χ2v) is 8.08. The van der Waals surface area contributed by atoms with Gasteiger partial charge in [0.2, 0.25) is 11.8 Å². The quantitative estimate of drug-likeness (QED) is 0.860. The number of likely N-dealkylation sites (tertiary alicyclic amines) is 1. The molecule has 3 atom stereocenters. The molecule has 1 saturated heterocycles. The van der Waals surface area contributed by atoms with Crippen LogP contribution in [0.4, 0.5) is 0 Å². The van der Waals surface area contributed by atoms with E-state index < -0.39 is 0 Å². The average molecular weight is 311 g/mol. The molecule has 0 spiro atoms. The third-order valence-electron chi connectivity index (χ3n) is 4.11. The minimum atomic E-state index is -0.275. The van der Waals surface area contributed by atoms with Crippen molar-refractivity contribution < 1.29 is 9.59 Å². The summed E-state index contributed by atoms with van der Waals surface area (Å²) in [6.07, 6.45) is 1.18.